The van der Waals surface area contributed by atoms with Gasteiger partial charge in [0, 0.05) is 30.7 Å². The lowest BCUT2D eigenvalue weighted by Crippen LogP contribution is -2.43. The van der Waals surface area contributed by atoms with Gasteiger partial charge in [-0.05, 0) is 65.0 Å². The summed E-state index contributed by atoms with van der Waals surface area (Å²) in [4.78, 5) is 31.4. The second-order valence-electron chi connectivity index (χ2n) is 8.81. The van der Waals surface area contributed by atoms with Crippen LogP contribution in [0.4, 0.5) is 4.79 Å². The number of nitrogens with one attached hydrogen (secondary N) is 1. The summed E-state index contributed by atoms with van der Waals surface area (Å²) in [7, 11) is 0. The molecular formula is C23H31N3O3. The molecule has 29 heavy (non-hydrogen) atoms. The van der Waals surface area contributed by atoms with E-state index in [1.807, 2.05) is 58.0 Å². The van der Waals surface area contributed by atoms with Crippen LogP contribution < -0.4 is 5.32 Å². The maximum absolute atomic E-state index is 12.8. The van der Waals surface area contributed by atoms with Gasteiger partial charge in [0.05, 0.1) is 11.1 Å². The Kier molecular flexibility index (Phi) is 6.40. The molecule has 0 radical (unpaired) electrons. The minimum Gasteiger partial charge on any atom is -0.444 e. The monoisotopic (exact) mass is 397 g/mol. The van der Waals surface area contributed by atoms with Crippen molar-refractivity contribution in [1.29, 1.82) is 0 Å². The SMILES string of the molecule is Cc1cc(C(=O)NCCC2CCCN(C(=O)OC(C)(C)C)C2)c2ccccc2n1. The van der Waals surface area contributed by atoms with Crippen LogP contribution in [0.2, 0.25) is 0 Å². The van der Waals surface area contributed by atoms with Gasteiger partial charge in [0.25, 0.3) is 5.91 Å². The van der Waals surface area contributed by atoms with E-state index in [9.17, 15) is 9.59 Å². The van der Waals surface area contributed by atoms with E-state index in [-0.39, 0.29) is 12.0 Å². The molecule has 0 saturated carbocycles. The minimum atomic E-state index is -0.483. The van der Waals surface area contributed by atoms with Crippen molar-refractivity contribution in [2.24, 2.45) is 5.92 Å². The fourth-order valence-corrected chi connectivity index (χ4v) is 3.77. The molecule has 1 atom stereocenters. The maximum Gasteiger partial charge on any atom is 0.410 e. The van der Waals surface area contributed by atoms with Crippen LogP contribution in [0, 0.1) is 12.8 Å². The number of benzene rings is 1. The van der Waals surface area contributed by atoms with Crippen LogP contribution in [0.5, 0.6) is 0 Å². The summed E-state index contributed by atoms with van der Waals surface area (Å²) in [5.41, 5.74) is 1.84. The number of aryl methyl sites for hydroxylation is 1. The second-order valence-corrected chi connectivity index (χ2v) is 8.81. The quantitative estimate of drug-likeness (QED) is 0.834. The first kappa shape index (κ1) is 21.1. The van der Waals surface area contributed by atoms with Gasteiger partial charge in [-0.25, -0.2) is 4.79 Å². The molecule has 156 valence electrons. The summed E-state index contributed by atoms with van der Waals surface area (Å²) >= 11 is 0. The maximum atomic E-state index is 12.8. The molecule has 0 bridgehead atoms. The number of likely N-dealkylation sites (tertiary alicyclic amines) is 1. The lowest BCUT2D eigenvalue weighted by Gasteiger charge is -2.34. The smallest absolute Gasteiger partial charge is 0.410 e. The summed E-state index contributed by atoms with van der Waals surface area (Å²) in [5, 5.41) is 3.91. The lowest BCUT2D eigenvalue weighted by molar-refractivity contribution is 0.0161. The highest BCUT2D eigenvalue weighted by atomic mass is 16.6. The molecule has 1 aromatic carbocycles. The second kappa shape index (κ2) is 8.80. The van der Waals surface area contributed by atoms with Crippen molar-refractivity contribution in [3.63, 3.8) is 0 Å². The van der Waals surface area contributed by atoms with E-state index in [4.69, 9.17) is 4.74 Å². The van der Waals surface area contributed by atoms with Gasteiger partial charge in [-0.3, -0.25) is 9.78 Å². The van der Waals surface area contributed by atoms with E-state index in [0.717, 1.165) is 42.4 Å². The summed E-state index contributed by atoms with van der Waals surface area (Å²) in [6.45, 7) is 9.55. The van der Waals surface area contributed by atoms with Crippen molar-refractivity contribution in [2.75, 3.05) is 19.6 Å². The van der Waals surface area contributed by atoms with E-state index >= 15 is 0 Å². The average molecular weight is 398 g/mol. The highest BCUT2D eigenvalue weighted by Crippen LogP contribution is 2.22. The molecule has 1 fully saturated rings. The highest BCUT2D eigenvalue weighted by molar-refractivity contribution is 6.06. The van der Waals surface area contributed by atoms with Crippen molar-refractivity contribution in [2.45, 2.75) is 52.6 Å². The molecule has 1 saturated heterocycles. The normalized spacial score (nSPS) is 17.2. The number of para-hydroxylation sites is 1. The van der Waals surface area contributed by atoms with E-state index in [2.05, 4.69) is 10.3 Å². The molecule has 6 heteroatoms. The summed E-state index contributed by atoms with van der Waals surface area (Å²) in [6.07, 6.45) is 2.62. The Hall–Kier alpha value is -2.63. The standard InChI is InChI=1S/C23H31N3O3/c1-16-14-19(18-9-5-6-10-20(18)25-16)21(27)24-12-11-17-8-7-13-26(15-17)22(28)29-23(2,3)4/h5-6,9-10,14,17H,7-8,11-13,15H2,1-4H3,(H,24,27). The van der Waals surface area contributed by atoms with Crippen molar-refractivity contribution in [1.82, 2.24) is 15.2 Å². The molecule has 1 unspecified atom stereocenters. The third kappa shape index (κ3) is 5.68. The van der Waals surface area contributed by atoms with Crippen molar-refractivity contribution < 1.29 is 14.3 Å². The Morgan fingerprint density at radius 2 is 2.03 bits per heavy atom. The summed E-state index contributed by atoms with van der Waals surface area (Å²) in [6, 6.07) is 9.53. The van der Waals surface area contributed by atoms with Crippen LogP contribution in [0.25, 0.3) is 10.9 Å². The van der Waals surface area contributed by atoms with Gasteiger partial charge in [-0.15, -0.1) is 0 Å². The van der Waals surface area contributed by atoms with Crippen molar-refractivity contribution >= 4 is 22.9 Å². The number of amides is 2. The van der Waals surface area contributed by atoms with Crippen LogP contribution in [0.15, 0.2) is 30.3 Å². The number of carbonyl (C=O) groups is 2. The van der Waals surface area contributed by atoms with Gasteiger partial charge in [0.2, 0.25) is 0 Å². The number of ether oxygens (including phenoxy) is 1. The van der Waals surface area contributed by atoms with Gasteiger partial charge in [0.1, 0.15) is 5.60 Å². The van der Waals surface area contributed by atoms with Crippen LogP contribution in [0.1, 0.15) is 56.1 Å². The largest absolute Gasteiger partial charge is 0.444 e. The number of nitrogens with zero attached hydrogens (tertiary/aromatic N) is 2. The fourth-order valence-electron chi connectivity index (χ4n) is 3.77. The van der Waals surface area contributed by atoms with Crippen LogP contribution >= 0.6 is 0 Å². The highest BCUT2D eigenvalue weighted by Gasteiger charge is 2.27. The summed E-state index contributed by atoms with van der Waals surface area (Å²) < 4.78 is 5.49. The van der Waals surface area contributed by atoms with Crippen LogP contribution in [-0.4, -0.2) is 47.1 Å². The zero-order valence-corrected chi connectivity index (χ0v) is 17.8. The van der Waals surface area contributed by atoms with E-state index < -0.39 is 5.60 Å². The molecule has 6 nitrogen and oxygen atoms in total. The van der Waals surface area contributed by atoms with Crippen LogP contribution in [0.3, 0.4) is 0 Å². The van der Waals surface area contributed by atoms with Gasteiger partial charge in [0.15, 0.2) is 0 Å². The predicted octanol–water partition coefficient (Wildman–Crippen LogP) is 4.31. The van der Waals surface area contributed by atoms with Crippen molar-refractivity contribution in [3.8, 4) is 0 Å². The van der Waals surface area contributed by atoms with E-state index in [1.165, 1.54) is 0 Å². The minimum absolute atomic E-state index is 0.0773. The third-order valence-electron chi connectivity index (χ3n) is 5.10. The van der Waals surface area contributed by atoms with Crippen molar-refractivity contribution in [3.05, 3.63) is 41.6 Å². The zero-order valence-electron chi connectivity index (χ0n) is 17.8. The molecule has 2 amide bonds. The lowest BCUT2D eigenvalue weighted by atomic mass is 9.95. The third-order valence-corrected chi connectivity index (χ3v) is 5.10. The Labute approximate surface area is 172 Å². The fraction of sp³-hybridized carbons (Fsp3) is 0.522. The van der Waals surface area contributed by atoms with E-state index in [0.29, 0.717) is 24.6 Å². The molecule has 2 aromatic rings. The number of aromatic nitrogens is 1. The topological polar surface area (TPSA) is 71.5 Å². The van der Waals surface area contributed by atoms with Gasteiger partial charge in [-0.1, -0.05) is 18.2 Å². The first-order valence-electron chi connectivity index (χ1n) is 10.4. The van der Waals surface area contributed by atoms with Crippen LogP contribution in [-0.2, 0) is 4.74 Å². The number of piperidine rings is 1. The number of rotatable bonds is 4. The number of hydrogen-bond acceptors (Lipinski definition) is 4. The number of fused-ring (bicyclic) bond motifs is 1. The first-order valence-corrected chi connectivity index (χ1v) is 10.4. The van der Waals surface area contributed by atoms with Gasteiger partial charge >= 0.3 is 6.09 Å². The first-order chi connectivity index (χ1) is 13.7. The molecule has 3 rings (SSSR count). The zero-order chi connectivity index (χ0) is 21.0. The Morgan fingerprint density at radius 1 is 1.28 bits per heavy atom. The number of hydrogen-bond donors (Lipinski definition) is 1. The van der Waals surface area contributed by atoms with Gasteiger partial charge < -0.3 is 15.0 Å². The average Bonchev–Trinajstić information content (AvgIpc) is 2.66. The molecule has 0 spiro atoms. The summed E-state index contributed by atoms with van der Waals surface area (Å²) in [5.74, 6) is 0.291. The van der Waals surface area contributed by atoms with E-state index in [1.54, 1.807) is 4.90 Å². The Morgan fingerprint density at radius 3 is 2.79 bits per heavy atom. The molecule has 1 aromatic heterocycles. The molecule has 2 heterocycles. The Bertz CT molecular complexity index is 889. The molecular weight excluding hydrogens is 366 g/mol. The molecule has 0 aliphatic carbocycles. The molecule has 1 aliphatic rings. The Balaban J connectivity index is 1.55. The number of carbonyl (C=O) groups excluding carboxylic acids is 2. The van der Waals surface area contributed by atoms with Gasteiger partial charge in [-0.2, -0.15) is 0 Å². The molecule has 1 aliphatic heterocycles. The predicted molar refractivity (Wildman–Crippen MR) is 114 cm³/mol. The number of pyridine rings is 1. The molecule has 1 N–H and O–H groups in total.